The number of aliphatic carboxylic acids is 2. The van der Waals surface area contributed by atoms with Crippen LogP contribution in [-0.4, -0.2) is 135 Å². The van der Waals surface area contributed by atoms with Crippen molar-refractivity contribution in [2.24, 2.45) is 50.4 Å². The molecule has 14 N–H and O–H groups in total. The minimum absolute atomic E-state index is 0.0113. The normalized spacial score (nSPS) is 12.2. The van der Waals surface area contributed by atoms with E-state index in [2.05, 4.69) is 42.0 Å². The van der Waals surface area contributed by atoms with Crippen LogP contribution in [-0.2, 0) is 52.2 Å². The van der Waals surface area contributed by atoms with Gasteiger partial charge in [0.1, 0.15) is 41.1 Å². The van der Waals surface area contributed by atoms with Gasteiger partial charge in [-0.15, -0.1) is 11.6 Å². The number of alkyl halides is 1. The molecular weight excluding hydrogens is 922 g/mol. The molecule has 67 heavy (non-hydrogen) atoms. The minimum atomic E-state index is -1.33. The number of rotatable bonds is 24. The van der Waals surface area contributed by atoms with Crippen molar-refractivity contribution in [2.75, 3.05) is 45.9 Å². The molecule has 0 aliphatic carbocycles. The van der Waals surface area contributed by atoms with Crippen LogP contribution in [0, 0.1) is 0 Å². The SMILES string of the molecule is Cn1cc(NC(=O)c2cc(NC(=O)c3cc(NC(=O)c4cc(NC(=O)C(Cl)CSCC(NC(=O)CCC(N)C(=O)O)C(=O)NCC(=O)O)nn4C)cn3C)cn2C)cc1C(=O)CCN=C(N)N. The van der Waals surface area contributed by atoms with Crippen LogP contribution in [0.3, 0.4) is 0 Å². The zero-order valence-corrected chi connectivity index (χ0v) is 38.1. The Labute approximate surface area is 390 Å². The summed E-state index contributed by atoms with van der Waals surface area (Å²) in [6, 6.07) is 3.12. The van der Waals surface area contributed by atoms with Crippen LogP contribution in [0.2, 0.25) is 0 Å². The predicted molar refractivity (Wildman–Crippen MR) is 246 cm³/mol. The number of anilines is 4. The van der Waals surface area contributed by atoms with Gasteiger partial charge >= 0.3 is 11.9 Å². The molecule has 6 amide bonds. The highest BCUT2D eigenvalue weighted by molar-refractivity contribution is 7.99. The van der Waals surface area contributed by atoms with Crippen LogP contribution in [0.25, 0.3) is 0 Å². The molecule has 0 saturated heterocycles. The molecule has 28 heteroatoms. The van der Waals surface area contributed by atoms with Crippen LogP contribution >= 0.6 is 23.4 Å². The van der Waals surface area contributed by atoms with Gasteiger partial charge in [0, 0.05) is 77.2 Å². The quantitative estimate of drug-likeness (QED) is 0.0177. The molecule has 0 aliphatic heterocycles. The number of aryl methyl sites for hydroxylation is 4. The summed E-state index contributed by atoms with van der Waals surface area (Å²) >= 11 is 7.29. The summed E-state index contributed by atoms with van der Waals surface area (Å²) in [6.45, 7) is -0.618. The Morgan fingerprint density at radius 3 is 1.78 bits per heavy atom. The van der Waals surface area contributed by atoms with Gasteiger partial charge in [0.05, 0.1) is 29.3 Å². The Kier molecular flexibility index (Phi) is 18.2. The number of ketones is 1. The predicted octanol–water partition coefficient (Wildman–Crippen LogP) is -0.804. The number of halogens is 1. The number of Topliss-reactive ketones (excluding diaryl/α,β-unsaturated/α-hetero) is 1. The molecule has 0 fully saturated rings. The number of amides is 6. The highest BCUT2D eigenvalue weighted by Gasteiger charge is 2.26. The number of hydrogen-bond donors (Lipinski definition) is 11. The van der Waals surface area contributed by atoms with Gasteiger partial charge in [-0.05, 0) is 24.6 Å². The van der Waals surface area contributed by atoms with E-state index >= 15 is 0 Å². The largest absolute Gasteiger partial charge is 0.480 e. The molecule has 0 radical (unpaired) electrons. The lowest BCUT2D eigenvalue weighted by atomic mass is 10.1. The van der Waals surface area contributed by atoms with Gasteiger partial charge in [-0.1, -0.05) is 0 Å². The fourth-order valence-electron chi connectivity index (χ4n) is 6.08. The summed E-state index contributed by atoms with van der Waals surface area (Å²) in [5.74, 6) is -7.26. The molecule has 360 valence electrons. The molecule has 4 aromatic rings. The highest BCUT2D eigenvalue weighted by Crippen LogP contribution is 2.21. The van der Waals surface area contributed by atoms with Gasteiger partial charge < -0.3 is 73.0 Å². The van der Waals surface area contributed by atoms with Gasteiger partial charge in [-0.2, -0.15) is 16.9 Å². The molecule has 0 spiro atoms. The first-order valence-electron chi connectivity index (χ1n) is 19.9. The van der Waals surface area contributed by atoms with Crippen molar-refractivity contribution in [3.63, 3.8) is 0 Å². The lowest BCUT2D eigenvalue weighted by molar-refractivity contribution is -0.139. The Morgan fingerprint density at radius 2 is 1.25 bits per heavy atom. The van der Waals surface area contributed by atoms with Gasteiger partial charge in [0.15, 0.2) is 17.6 Å². The van der Waals surface area contributed by atoms with E-state index in [9.17, 15) is 43.2 Å². The Bertz CT molecular complexity index is 2580. The number of nitrogens with zero attached hydrogens (tertiary/aromatic N) is 6. The van der Waals surface area contributed by atoms with E-state index in [4.69, 9.17) is 39.0 Å². The van der Waals surface area contributed by atoms with E-state index in [-0.39, 0.29) is 77.6 Å². The zero-order chi connectivity index (χ0) is 49.7. The number of nitrogens with two attached hydrogens (primary N) is 3. The maximum Gasteiger partial charge on any atom is 0.322 e. The summed E-state index contributed by atoms with van der Waals surface area (Å²) in [6.07, 6.45) is 4.12. The van der Waals surface area contributed by atoms with Crippen molar-refractivity contribution >= 4 is 105 Å². The Balaban J connectivity index is 1.30. The van der Waals surface area contributed by atoms with Gasteiger partial charge in [0.25, 0.3) is 17.7 Å². The van der Waals surface area contributed by atoms with Crippen molar-refractivity contribution in [3.05, 3.63) is 65.6 Å². The molecule has 0 bridgehead atoms. The molecule has 3 atom stereocenters. The lowest BCUT2D eigenvalue weighted by Crippen LogP contribution is -2.49. The maximum absolute atomic E-state index is 13.3. The average Bonchev–Trinajstić information content (AvgIpc) is 4.02. The number of carboxylic acid groups (broad SMARTS) is 2. The first-order valence-corrected chi connectivity index (χ1v) is 21.5. The number of aliphatic imine (C=N–C) groups is 1. The van der Waals surface area contributed by atoms with E-state index in [1.165, 1.54) is 57.5 Å². The Morgan fingerprint density at radius 1 is 0.731 bits per heavy atom. The summed E-state index contributed by atoms with van der Waals surface area (Å²) in [5.41, 5.74) is 17.6. The first kappa shape index (κ1) is 52.0. The monoisotopic (exact) mass is 971 g/mol. The molecule has 4 rings (SSSR count). The number of thioether (sulfide) groups is 1. The lowest BCUT2D eigenvalue weighted by Gasteiger charge is -2.19. The number of nitrogens with one attached hydrogen (secondary N) is 6. The van der Waals surface area contributed by atoms with Gasteiger partial charge in [-0.25, -0.2) is 0 Å². The standard InChI is InChI=1S/C39H50ClN15O11S/c1-52-14-19(9-25(52)29(56)7-8-44-39(42)43)46-35(62)26-10-20(15-53(26)2)47-36(63)27-11-21(16-54(27)3)48-37(64)28-12-30(51-55(28)4)50-33(60)22(40)17-67-18-24(34(61)45-13-32(58)59)49-31(57)6-5-23(41)38(65)66/h9-12,14-16,22-24H,5-8,13,17-18,41H2,1-4H3,(H,45,61)(H,46,62)(H,47,63)(H,48,64)(H,49,57)(H,58,59)(H,65,66)(H4,42,43,44)(H,50,51,60). The molecule has 4 aromatic heterocycles. The van der Waals surface area contributed by atoms with Crippen molar-refractivity contribution in [1.29, 1.82) is 0 Å². The third-order valence-electron chi connectivity index (χ3n) is 9.43. The number of carbonyl (C=O) groups is 9. The summed E-state index contributed by atoms with van der Waals surface area (Å²) in [4.78, 5) is 116. The number of hydrogen-bond acceptors (Lipinski definition) is 13. The van der Waals surface area contributed by atoms with Crippen molar-refractivity contribution in [2.45, 2.75) is 36.7 Å². The second-order valence-electron chi connectivity index (χ2n) is 14.8. The molecule has 26 nitrogen and oxygen atoms in total. The smallest absolute Gasteiger partial charge is 0.322 e. The Hall–Kier alpha value is -7.65. The van der Waals surface area contributed by atoms with E-state index in [1.54, 1.807) is 31.9 Å². The van der Waals surface area contributed by atoms with Crippen LogP contribution < -0.4 is 49.1 Å². The summed E-state index contributed by atoms with van der Waals surface area (Å²) in [5, 5.41) is 36.0. The van der Waals surface area contributed by atoms with Crippen LogP contribution in [0.1, 0.15) is 61.2 Å². The molecule has 0 saturated carbocycles. The van der Waals surface area contributed by atoms with Crippen LogP contribution in [0.15, 0.2) is 47.8 Å². The van der Waals surface area contributed by atoms with Crippen molar-refractivity contribution in [1.82, 2.24) is 34.1 Å². The van der Waals surface area contributed by atoms with Gasteiger partial charge in [0.2, 0.25) is 17.7 Å². The summed E-state index contributed by atoms with van der Waals surface area (Å²) in [7, 11) is 6.30. The third kappa shape index (κ3) is 15.2. The van der Waals surface area contributed by atoms with E-state index in [0.717, 1.165) is 11.8 Å². The number of carbonyl (C=O) groups excluding carboxylic acids is 7. The fraction of sp³-hybridized carbons (Fsp3) is 0.359. The number of carboxylic acids is 2. The van der Waals surface area contributed by atoms with E-state index in [0.29, 0.717) is 17.1 Å². The van der Waals surface area contributed by atoms with Gasteiger partial charge in [-0.3, -0.25) is 52.8 Å². The van der Waals surface area contributed by atoms with E-state index < -0.39 is 71.4 Å². The second kappa shape index (κ2) is 23.5. The molecular formula is C39H50ClN15O11S. The summed E-state index contributed by atoms with van der Waals surface area (Å²) < 4.78 is 5.74. The zero-order valence-electron chi connectivity index (χ0n) is 36.5. The van der Waals surface area contributed by atoms with Crippen molar-refractivity contribution < 1.29 is 53.4 Å². The van der Waals surface area contributed by atoms with E-state index in [1.807, 2.05) is 0 Å². The fourth-order valence-corrected chi connectivity index (χ4v) is 7.37. The molecule has 0 aliphatic rings. The average molecular weight is 972 g/mol. The second-order valence-corrected chi connectivity index (χ2v) is 16.4. The number of guanidine groups is 1. The minimum Gasteiger partial charge on any atom is -0.480 e. The third-order valence-corrected chi connectivity index (χ3v) is 11.1. The molecule has 4 heterocycles. The maximum atomic E-state index is 13.3. The molecule has 0 aromatic carbocycles. The van der Waals surface area contributed by atoms with Crippen LogP contribution in [0.5, 0.6) is 0 Å². The molecule has 3 unspecified atom stereocenters. The highest BCUT2D eigenvalue weighted by atomic mass is 35.5. The topological polar surface area (TPSA) is 389 Å². The first-order chi connectivity index (χ1) is 31.5. The van der Waals surface area contributed by atoms with Crippen molar-refractivity contribution in [3.8, 4) is 0 Å². The van der Waals surface area contributed by atoms with Crippen LogP contribution in [0.4, 0.5) is 22.9 Å². The number of aromatic nitrogens is 5.